The second kappa shape index (κ2) is 10.5. The first-order valence-corrected chi connectivity index (χ1v) is 9.70. The minimum atomic E-state index is -0.570. The van der Waals surface area contributed by atoms with Gasteiger partial charge in [-0.1, -0.05) is 42.5 Å². The van der Waals surface area contributed by atoms with E-state index in [4.69, 9.17) is 4.74 Å². The van der Waals surface area contributed by atoms with Crippen LogP contribution < -0.4 is 10.1 Å². The molecule has 5 heteroatoms. The number of nitrogens with one attached hydrogen (secondary N) is 1. The molecule has 2 aromatic rings. The molecule has 2 rings (SSSR count). The van der Waals surface area contributed by atoms with Crippen molar-refractivity contribution in [3.8, 4) is 5.75 Å². The number of aryl methyl sites for hydroxylation is 1. The quantitative estimate of drug-likeness (QED) is 0.723. The highest BCUT2D eigenvalue weighted by Gasteiger charge is 2.26. The maximum absolute atomic E-state index is 12.9. The molecule has 150 valence electrons. The molecule has 0 bridgehead atoms. The van der Waals surface area contributed by atoms with Crippen LogP contribution in [0.25, 0.3) is 0 Å². The number of hydrogen-bond acceptors (Lipinski definition) is 3. The first kappa shape index (κ1) is 21.5. The molecular weight excluding hydrogens is 352 g/mol. The predicted molar refractivity (Wildman–Crippen MR) is 111 cm³/mol. The number of hydrogen-bond donors (Lipinski definition) is 1. The van der Waals surface area contributed by atoms with Crippen molar-refractivity contribution >= 4 is 11.8 Å². The zero-order valence-corrected chi connectivity index (χ0v) is 17.1. The average Bonchev–Trinajstić information content (AvgIpc) is 2.66. The number of rotatable bonds is 9. The van der Waals surface area contributed by atoms with E-state index in [1.54, 1.807) is 11.8 Å². The smallest absolute Gasteiger partial charge is 0.261 e. The molecule has 5 nitrogen and oxygen atoms in total. The lowest BCUT2D eigenvalue weighted by molar-refractivity contribution is -0.141. The molecule has 1 N–H and O–H groups in total. The SMILES string of the molecule is Cc1cccc(OCC(=O)N(CCc2ccccc2)[C@H](C)C(=O)NC(C)C)c1. The fraction of sp³-hybridized carbons (Fsp3) is 0.391. The highest BCUT2D eigenvalue weighted by atomic mass is 16.5. The van der Waals surface area contributed by atoms with E-state index in [2.05, 4.69) is 5.32 Å². The Morgan fingerprint density at radius 3 is 2.39 bits per heavy atom. The summed E-state index contributed by atoms with van der Waals surface area (Å²) in [5.74, 6) is 0.284. The van der Waals surface area contributed by atoms with Crippen LogP contribution in [0.2, 0.25) is 0 Å². The van der Waals surface area contributed by atoms with Gasteiger partial charge in [-0.3, -0.25) is 9.59 Å². The molecule has 0 aliphatic rings. The molecule has 0 aromatic heterocycles. The van der Waals surface area contributed by atoms with E-state index in [1.165, 1.54) is 0 Å². The second-order valence-electron chi connectivity index (χ2n) is 7.27. The van der Waals surface area contributed by atoms with Crippen molar-refractivity contribution in [1.29, 1.82) is 0 Å². The van der Waals surface area contributed by atoms with Crippen molar-refractivity contribution < 1.29 is 14.3 Å². The second-order valence-corrected chi connectivity index (χ2v) is 7.27. The van der Waals surface area contributed by atoms with E-state index in [1.807, 2.05) is 75.4 Å². The Balaban J connectivity index is 2.06. The Morgan fingerprint density at radius 1 is 1.04 bits per heavy atom. The molecule has 0 unspecified atom stereocenters. The van der Waals surface area contributed by atoms with E-state index in [0.717, 1.165) is 11.1 Å². The standard InChI is InChI=1S/C23H30N2O3/c1-17(2)24-23(27)19(4)25(14-13-20-10-6-5-7-11-20)22(26)16-28-21-12-8-9-18(3)15-21/h5-12,15,17,19H,13-14,16H2,1-4H3,(H,24,27)/t19-/m1/s1. The summed E-state index contributed by atoms with van der Waals surface area (Å²) < 4.78 is 5.67. The van der Waals surface area contributed by atoms with Gasteiger partial charge in [-0.15, -0.1) is 0 Å². The van der Waals surface area contributed by atoms with Gasteiger partial charge in [-0.2, -0.15) is 0 Å². The largest absolute Gasteiger partial charge is 0.484 e. The van der Waals surface area contributed by atoms with Crippen LogP contribution in [-0.4, -0.2) is 41.9 Å². The Bertz CT molecular complexity index is 774. The number of amides is 2. The number of nitrogens with zero attached hydrogens (tertiary/aromatic N) is 1. The summed E-state index contributed by atoms with van der Waals surface area (Å²) >= 11 is 0. The number of carbonyl (C=O) groups is 2. The van der Waals surface area contributed by atoms with Crippen LogP contribution in [0.5, 0.6) is 5.75 Å². The zero-order chi connectivity index (χ0) is 20.5. The lowest BCUT2D eigenvalue weighted by Crippen LogP contribution is -2.51. The lowest BCUT2D eigenvalue weighted by atomic mass is 10.1. The van der Waals surface area contributed by atoms with Crippen molar-refractivity contribution in [1.82, 2.24) is 10.2 Å². The average molecular weight is 383 g/mol. The molecule has 2 aromatic carbocycles. The molecule has 0 radical (unpaired) electrons. The van der Waals surface area contributed by atoms with E-state index in [-0.39, 0.29) is 24.5 Å². The number of ether oxygens (including phenoxy) is 1. The predicted octanol–water partition coefficient (Wildman–Crippen LogP) is 3.36. The third kappa shape index (κ3) is 6.72. The van der Waals surface area contributed by atoms with Crippen molar-refractivity contribution in [2.24, 2.45) is 0 Å². The molecule has 0 heterocycles. The third-order valence-electron chi connectivity index (χ3n) is 4.43. The first-order valence-electron chi connectivity index (χ1n) is 9.70. The monoisotopic (exact) mass is 382 g/mol. The summed E-state index contributed by atoms with van der Waals surface area (Å²) in [6.07, 6.45) is 0.677. The highest BCUT2D eigenvalue weighted by molar-refractivity contribution is 5.88. The van der Waals surface area contributed by atoms with E-state index < -0.39 is 6.04 Å². The van der Waals surface area contributed by atoms with Crippen LogP contribution >= 0.6 is 0 Å². The summed E-state index contributed by atoms with van der Waals surface area (Å²) in [6, 6.07) is 17.0. The summed E-state index contributed by atoms with van der Waals surface area (Å²) in [5, 5.41) is 2.88. The zero-order valence-electron chi connectivity index (χ0n) is 17.1. The molecule has 0 aliphatic heterocycles. The van der Waals surface area contributed by atoms with Crippen LogP contribution in [0.4, 0.5) is 0 Å². The van der Waals surface area contributed by atoms with Gasteiger partial charge in [-0.25, -0.2) is 0 Å². The summed E-state index contributed by atoms with van der Waals surface area (Å²) in [6.45, 7) is 7.89. The normalized spacial score (nSPS) is 11.8. The van der Waals surface area contributed by atoms with Crippen LogP contribution in [0.1, 0.15) is 31.9 Å². The van der Waals surface area contributed by atoms with Gasteiger partial charge in [0.25, 0.3) is 5.91 Å². The van der Waals surface area contributed by atoms with E-state index in [0.29, 0.717) is 18.7 Å². The van der Waals surface area contributed by atoms with Crippen molar-refractivity contribution in [2.45, 2.75) is 46.2 Å². The molecular formula is C23H30N2O3. The number of benzene rings is 2. The minimum absolute atomic E-state index is 0.0181. The molecule has 0 aliphatic carbocycles. The molecule has 1 atom stereocenters. The van der Waals surface area contributed by atoms with Gasteiger partial charge in [0.05, 0.1) is 0 Å². The minimum Gasteiger partial charge on any atom is -0.484 e. The van der Waals surface area contributed by atoms with Crippen LogP contribution in [0.15, 0.2) is 54.6 Å². The lowest BCUT2D eigenvalue weighted by Gasteiger charge is -2.29. The Morgan fingerprint density at radius 2 is 1.75 bits per heavy atom. The molecule has 0 saturated carbocycles. The Hall–Kier alpha value is -2.82. The van der Waals surface area contributed by atoms with Crippen LogP contribution in [0, 0.1) is 6.92 Å². The van der Waals surface area contributed by atoms with Crippen LogP contribution in [0.3, 0.4) is 0 Å². The maximum Gasteiger partial charge on any atom is 0.261 e. The summed E-state index contributed by atoms with van der Waals surface area (Å²) in [4.78, 5) is 27.0. The van der Waals surface area contributed by atoms with Gasteiger partial charge in [0.1, 0.15) is 11.8 Å². The Kier molecular flexibility index (Phi) is 8.05. The fourth-order valence-corrected chi connectivity index (χ4v) is 2.91. The van der Waals surface area contributed by atoms with Crippen molar-refractivity contribution in [3.05, 3.63) is 65.7 Å². The summed E-state index contributed by atoms with van der Waals surface area (Å²) in [5.41, 5.74) is 2.19. The van der Waals surface area contributed by atoms with E-state index in [9.17, 15) is 9.59 Å². The van der Waals surface area contributed by atoms with Gasteiger partial charge < -0.3 is 15.0 Å². The van der Waals surface area contributed by atoms with Crippen molar-refractivity contribution in [2.75, 3.05) is 13.2 Å². The number of carbonyl (C=O) groups excluding carboxylic acids is 2. The van der Waals surface area contributed by atoms with Crippen LogP contribution in [-0.2, 0) is 16.0 Å². The maximum atomic E-state index is 12.9. The fourth-order valence-electron chi connectivity index (χ4n) is 2.91. The third-order valence-corrected chi connectivity index (χ3v) is 4.43. The first-order chi connectivity index (χ1) is 13.4. The highest BCUT2D eigenvalue weighted by Crippen LogP contribution is 2.13. The molecule has 0 spiro atoms. The molecule has 0 fully saturated rings. The Labute approximate surface area is 167 Å². The molecule has 0 saturated heterocycles. The molecule has 2 amide bonds. The topological polar surface area (TPSA) is 58.6 Å². The van der Waals surface area contributed by atoms with E-state index >= 15 is 0 Å². The van der Waals surface area contributed by atoms with Gasteiger partial charge in [0, 0.05) is 12.6 Å². The van der Waals surface area contributed by atoms with Gasteiger partial charge in [0.15, 0.2) is 6.61 Å². The van der Waals surface area contributed by atoms with Gasteiger partial charge in [-0.05, 0) is 57.4 Å². The van der Waals surface area contributed by atoms with Crippen molar-refractivity contribution in [3.63, 3.8) is 0 Å². The van der Waals surface area contributed by atoms with Gasteiger partial charge >= 0.3 is 0 Å². The molecule has 28 heavy (non-hydrogen) atoms. The summed E-state index contributed by atoms with van der Waals surface area (Å²) in [7, 11) is 0. The van der Waals surface area contributed by atoms with Gasteiger partial charge in [0.2, 0.25) is 5.91 Å².